The third-order valence-corrected chi connectivity index (χ3v) is 2.82. The standard InChI is InChI=1S/C9H7I/c10-9-6-5-7-3-1-2-4-8(7)9/h1-6,9H. The van der Waals surface area contributed by atoms with Crippen LogP contribution >= 0.6 is 22.6 Å². The van der Waals surface area contributed by atoms with Crippen molar-refractivity contribution >= 4 is 28.7 Å². The molecular weight excluding hydrogens is 235 g/mol. The molecule has 2 rings (SSSR count). The summed E-state index contributed by atoms with van der Waals surface area (Å²) in [5, 5.41) is 0. The Morgan fingerprint density at radius 3 is 2.80 bits per heavy atom. The lowest BCUT2D eigenvalue weighted by molar-refractivity contribution is 1.32. The lowest BCUT2D eigenvalue weighted by Gasteiger charge is -1.99. The predicted molar refractivity (Wildman–Crippen MR) is 52.2 cm³/mol. The van der Waals surface area contributed by atoms with E-state index in [0.717, 1.165) is 0 Å². The summed E-state index contributed by atoms with van der Waals surface area (Å²) < 4.78 is 0.591. The van der Waals surface area contributed by atoms with Crippen LogP contribution in [0.2, 0.25) is 0 Å². The highest BCUT2D eigenvalue weighted by atomic mass is 127. The van der Waals surface area contributed by atoms with Gasteiger partial charge in [0.15, 0.2) is 0 Å². The Morgan fingerprint density at radius 1 is 1.20 bits per heavy atom. The normalized spacial score (nSPS) is 21.1. The van der Waals surface area contributed by atoms with Gasteiger partial charge in [0.2, 0.25) is 0 Å². The summed E-state index contributed by atoms with van der Waals surface area (Å²) in [4.78, 5) is 0. The molecule has 0 radical (unpaired) electrons. The highest BCUT2D eigenvalue weighted by molar-refractivity contribution is 14.1. The van der Waals surface area contributed by atoms with Gasteiger partial charge in [-0.15, -0.1) is 0 Å². The van der Waals surface area contributed by atoms with E-state index >= 15 is 0 Å². The van der Waals surface area contributed by atoms with E-state index in [4.69, 9.17) is 0 Å². The van der Waals surface area contributed by atoms with Gasteiger partial charge in [0, 0.05) is 0 Å². The van der Waals surface area contributed by atoms with Crippen molar-refractivity contribution in [1.29, 1.82) is 0 Å². The van der Waals surface area contributed by atoms with Crippen LogP contribution in [0.3, 0.4) is 0 Å². The second kappa shape index (κ2) is 2.38. The third kappa shape index (κ3) is 0.888. The molecule has 1 heteroatoms. The lowest BCUT2D eigenvalue weighted by atomic mass is 10.1. The predicted octanol–water partition coefficient (Wildman–Crippen LogP) is 3.19. The topological polar surface area (TPSA) is 0 Å². The van der Waals surface area contributed by atoms with Crippen molar-refractivity contribution in [3.05, 3.63) is 41.5 Å². The van der Waals surface area contributed by atoms with E-state index < -0.39 is 0 Å². The largest absolute Gasteiger partial charge is 0.0728 e. The van der Waals surface area contributed by atoms with Gasteiger partial charge >= 0.3 is 0 Å². The van der Waals surface area contributed by atoms with E-state index in [1.807, 2.05) is 0 Å². The maximum Gasteiger partial charge on any atom is 0.0548 e. The first-order valence-corrected chi connectivity index (χ1v) is 4.54. The summed E-state index contributed by atoms with van der Waals surface area (Å²) in [6, 6.07) is 8.52. The van der Waals surface area contributed by atoms with Crippen LogP contribution in [0, 0.1) is 0 Å². The monoisotopic (exact) mass is 242 g/mol. The van der Waals surface area contributed by atoms with Crippen LogP contribution in [-0.4, -0.2) is 0 Å². The minimum Gasteiger partial charge on any atom is -0.0728 e. The zero-order valence-electron chi connectivity index (χ0n) is 5.42. The van der Waals surface area contributed by atoms with Crippen molar-refractivity contribution in [2.24, 2.45) is 0 Å². The number of hydrogen-bond donors (Lipinski definition) is 0. The number of alkyl halides is 1. The maximum atomic E-state index is 2.44. The van der Waals surface area contributed by atoms with Gasteiger partial charge in [-0.25, -0.2) is 0 Å². The Balaban J connectivity index is 2.59. The first kappa shape index (κ1) is 6.40. The molecule has 0 bridgehead atoms. The smallest absolute Gasteiger partial charge is 0.0548 e. The number of hydrogen-bond acceptors (Lipinski definition) is 0. The van der Waals surface area contributed by atoms with Gasteiger partial charge < -0.3 is 0 Å². The van der Waals surface area contributed by atoms with Crippen LogP contribution in [0.4, 0.5) is 0 Å². The fourth-order valence-electron chi connectivity index (χ4n) is 1.21. The van der Waals surface area contributed by atoms with E-state index in [0.29, 0.717) is 3.92 Å². The number of allylic oxidation sites excluding steroid dienone is 1. The summed E-state index contributed by atoms with van der Waals surface area (Å²) in [7, 11) is 0. The fourth-order valence-corrected chi connectivity index (χ4v) is 1.98. The average Bonchev–Trinajstić information content (AvgIpc) is 2.34. The molecule has 10 heavy (non-hydrogen) atoms. The minimum atomic E-state index is 0.591. The molecule has 0 saturated heterocycles. The van der Waals surface area contributed by atoms with Crippen molar-refractivity contribution in [1.82, 2.24) is 0 Å². The summed E-state index contributed by atoms with van der Waals surface area (Å²) in [6.07, 6.45) is 4.41. The lowest BCUT2D eigenvalue weighted by Crippen LogP contribution is -1.80. The Kier molecular flexibility index (Phi) is 1.52. The first-order chi connectivity index (χ1) is 4.88. The molecule has 1 unspecified atom stereocenters. The highest BCUT2D eigenvalue weighted by Gasteiger charge is 2.11. The second-order valence-corrected chi connectivity index (χ2v) is 3.73. The molecule has 0 N–H and O–H groups in total. The van der Waals surface area contributed by atoms with Gasteiger partial charge in [0.25, 0.3) is 0 Å². The van der Waals surface area contributed by atoms with Gasteiger partial charge in [0.05, 0.1) is 3.92 Å². The van der Waals surface area contributed by atoms with Crippen LogP contribution in [-0.2, 0) is 0 Å². The van der Waals surface area contributed by atoms with Crippen LogP contribution in [0.5, 0.6) is 0 Å². The molecule has 0 saturated carbocycles. The molecule has 0 fully saturated rings. The number of benzene rings is 1. The summed E-state index contributed by atoms with van der Waals surface area (Å²) in [6.45, 7) is 0. The van der Waals surface area contributed by atoms with Crippen LogP contribution < -0.4 is 0 Å². The van der Waals surface area contributed by atoms with Gasteiger partial charge in [-0.1, -0.05) is 59.0 Å². The van der Waals surface area contributed by atoms with Crippen LogP contribution in [0.1, 0.15) is 15.1 Å². The maximum absolute atomic E-state index is 2.44. The van der Waals surface area contributed by atoms with E-state index in [-0.39, 0.29) is 0 Å². The molecule has 0 spiro atoms. The first-order valence-electron chi connectivity index (χ1n) is 3.29. The van der Waals surface area contributed by atoms with Crippen molar-refractivity contribution in [2.75, 3.05) is 0 Å². The van der Waals surface area contributed by atoms with Gasteiger partial charge in [-0.3, -0.25) is 0 Å². The molecule has 0 heterocycles. The van der Waals surface area contributed by atoms with E-state index in [2.05, 4.69) is 59.0 Å². The number of fused-ring (bicyclic) bond motifs is 1. The fraction of sp³-hybridized carbons (Fsp3) is 0.111. The molecule has 1 aromatic rings. The molecule has 0 aromatic heterocycles. The number of rotatable bonds is 0. The minimum absolute atomic E-state index is 0.591. The molecule has 1 aliphatic rings. The number of halogens is 1. The molecular formula is C9H7I. The highest BCUT2D eigenvalue weighted by Crippen LogP contribution is 2.34. The van der Waals surface area contributed by atoms with E-state index in [1.54, 1.807) is 0 Å². The average molecular weight is 242 g/mol. The molecule has 0 nitrogen and oxygen atoms in total. The molecule has 0 aliphatic heterocycles. The van der Waals surface area contributed by atoms with Crippen molar-refractivity contribution < 1.29 is 0 Å². The molecule has 1 aromatic carbocycles. The van der Waals surface area contributed by atoms with E-state index in [9.17, 15) is 0 Å². The van der Waals surface area contributed by atoms with Crippen molar-refractivity contribution in [3.8, 4) is 0 Å². The molecule has 0 amide bonds. The Hall–Kier alpha value is -0.310. The second-order valence-electron chi connectivity index (χ2n) is 2.39. The quantitative estimate of drug-likeness (QED) is 0.484. The Labute approximate surface area is 74.1 Å². The third-order valence-electron chi connectivity index (χ3n) is 1.74. The molecule has 1 aliphatic carbocycles. The molecule has 1 atom stereocenters. The molecule has 50 valence electrons. The Morgan fingerprint density at radius 2 is 2.00 bits per heavy atom. The van der Waals surface area contributed by atoms with Gasteiger partial charge in [-0.05, 0) is 11.1 Å². The van der Waals surface area contributed by atoms with E-state index in [1.165, 1.54) is 11.1 Å². The Bertz CT molecular complexity index is 276. The zero-order valence-corrected chi connectivity index (χ0v) is 7.58. The zero-order chi connectivity index (χ0) is 6.97. The van der Waals surface area contributed by atoms with Gasteiger partial charge in [0.1, 0.15) is 0 Å². The van der Waals surface area contributed by atoms with Crippen molar-refractivity contribution in [2.45, 2.75) is 3.92 Å². The van der Waals surface area contributed by atoms with Crippen LogP contribution in [0.15, 0.2) is 30.3 Å². The van der Waals surface area contributed by atoms with Gasteiger partial charge in [-0.2, -0.15) is 0 Å². The SMILES string of the molecule is IC1C=Cc2ccccc21. The van der Waals surface area contributed by atoms with Crippen molar-refractivity contribution in [3.63, 3.8) is 0 Å². The summed E-state index contributed by atoms with van der Waals surface area (Å²) in [5.41, 5.74) is 2.82. The summed E-state index contributed by atoms with van der Waals surface area (Å²) >= 11 is 2.44. The van der Waals surface area contributed by atoms with Crippen LogP contribution in [0.25, 0.3) is 6.08 Å². The summed E-state index contributed by atoms with van der Waals surface area (Å²) in [5.74, 6) is 0.